The lowest BCUT2D eigenvalue weighted by atomic mass is 9.73. The lowest BCUT2D eigenvalue weighted by Gasteiger charge is -2.36. The van der Waals surface area contributed by atoms with Gasteiger partial charge in [-0.3, -0.25) is 9.52 Å². The van der Waals surface area contributed by atoms with Crippen LogP contribution in [0.3, 0.4) is 0 Å². The second-order valence-corrected chi connectivity index (χ2v) is 8.69. The maximum absolute atomic E-state index is 13.4. The van der Waals surface area contributed by atoms with E-state index in [4.69, 9.17) is 9.47 Å². The number of sulfonamides is 1. The average Bonchev–Trinajstić information content (AvgIpc) is 2.69. The fraction of sp³-hybridized carbons (Fsp3) is 0.350. The second-order valence-electron chi connectivity index (χ2n) is 6.94. The molecule has 0 aromatic heterocycles. The Morgan fingerprint density at radius 3 is 2.38 bits per heavy atom. The minimum atomic E-state index is -3.47. The van der Waals surface area contributed by atoms with Crippen molar-refractivity contribution in [2.24, 2.45) is 0 Å². The van der Waals surface area contributed by atoms with Gasteiger partial charge in [0.15, 0.2) is 0 Å². The number of carbonyl (C=O) groups is 1. The first kappa shape index (κ1) is 21.1. The Kier molecular flexibility index (Phi) is 6.09. The van der Waals surface area contributed by atoms with Crippen molar-refractivity contribution < 1.29 is 27.1 Å². The van der Waals surface area contributed by atoms with Crippen LogP contribution in [0.5, 0.6) is 5.75 Å². The molecule has 9 heteroatoms. The molecule has 29 heavy (non-hydrogen) atoms. The summed E-state index contributed by atoms with van der Waals surface area (Å²) in [6.07, 6.45) is 1.98. The number of nitrogens with one attached hydrogen (secondary N) is 2. The fourth-order valence-electron chi connectivity index (χ4n) is 3.44. The van der Waals surface area contributed by atoms with Crippen LogP contribution in [0.25, 0.3) is 0 Å². The molecule has 2 aromatic carbocycles. The van der Waals surface area contributed by atoms with E-state index in [2.05, 4.69) is 10.0 Å². The van der Waals surface area contributed by atoms with E-state index < -0.39 is 15.4 Å². The van der Waals surface area contributed by atoms with Crippen molar-refractivity contribution in [3.05, 3.63) is 53.8 Å². The molecule has 2 aromatic rings. The molecule has 0 saturated carbocycles. The topological polar surface area (TPSA) is 93.7 Å². The number of carbonyl (C=O) groups excluding carboxylic acids is 1. The Balaban J connectivity index is 1.89. The van der Waals surface area contributed by atoms with Crippen LogP contribution in [0.15, 0.2) is 42.5 Å². The van der Waals surface area contributed by atoms with E-state index in [0.29, 0.717) is 31.7 Å². The predicted molar refractivity (Wildman–Crippen MR) is 108 cm³/mol. The SMILES string of the molecule is COc1cc(NC(=O)C2(c3ccc(F)cc3)CCOCC2)ccc1NS(C)(=O)=O. The lowest BCUT2D eigenvalue weighted by molar-refractivity contribution is -0.125. The van der Waals surface area contributed by atoms with Gasteiger partial charge in [-0.25, -0.2) is 12.8 Å². The summed E-state index contributed by atoms with van der Waals surface area (Å²) in [5, 5.41) is 2.88. The number of halogens is 1. The molecule has 2 N–H and O–H groups in total. The van der Waals surface area contributed by atoms with Gasteiger partial charge in [-0.05, 0) is 42.7 Å². The second kappa shape index (κ2) is 8.38. The summed E-state index contributed by atoms with van der Waals surface area (Å²) in [6.45, 7) is 0.844. The van der Waals surface area contributed by atoms with Crippen molar-refractivity contribution in [2.45, 2.75) is 18.3 Å². The van der Waals surface area contributed by atoms with E-state index in [-0.39, 0.29) is 23.2 Å². The van der Waals surface area contributed by atoms with Crippen molar-refractivity contribution in [3.8, 4) is 5.75 Å². The highest BCUT2D eigenvalue weighted by Gasteiger charge is 2.41. The largest absolute Gasteiger partial charge is 0.494 e. The van der Waals surface area contributed by atoms with Gasteiger partial charge in [-0.1, -0.05) is 12.1 Å². The van der Waals surface area contributed by atoms with Crippen molar-refractivity contribution in [1.82, 2.24) is 0 Å². The van der Waals surface area contributed by atoms with Crippen LogP contribution >= 0.6 is 0 Å². The maximum Gasteiger partial charge on any atom is 0.235 e. The van der Waals surface area contributed by atoms with Crippen molar-refractivity contribution in [1.29, 1.82) is 0 Å². The highest BCUT2D eigenvalue weighted by molar-refractivity contribution is 7.92. The van der Waals surface area contributed by atoms with Crippen LogP contribution in [0.2, 0.25) is 0 Å². The third-order valence-electron chi connectivity index (χ3n) is 4.93. The number of benzene rings is 2. The highest BCUT2D eigenvalue weighted by Crippen LogP contribution is 2.37. The fourth-order valence-corrected chi connectivity index (χ4v) is 4.01. The number of hydrogen-bond donors (Lipinski definition) is 2. The third kappa shape index (κ3) is 4.86. The first-order valence-corrected chi connectivity index (χ1v) is 10.9. The lowest BCUT2D eigenvalue weighted by Crippen LogP contribution is -2.44. The number of amides is 1. The molecule has 7 nitrogen and oxygen atoms in total. The van der Waals surface area contributed by atoms with Gasteiger partial charge < -0.3 is 14.8 Å². The molecule has 3 rings (SSSR count). The molecule has 0 unspecified atom stereocenters. The van der Waals surface area contributed by atoms with E-state index in [0.717, 1.165) is 11.8 Å². The van der Waals surface area contributed by atoms with Gasteiger partial charge in [0.2, 0.25) is 15.9 Å². The normalized spacial score (nSPS) is 16.1. The van der Waals surface area contributed by atoms with E-state index in [1.54, 1.807) is 24.3 Å². The third-order valence-corrected chi connectivity index (χ3v) is 5.52. The average molecular weight is 422 g/mol. The summed E-state index contributed by atoms with van der Waals surface area (Å²) in [5.74, 6) is -0.329. The first-order valence-electron chi connectivity index (χ1n) is 9.05. The minimum absolute atomic E-state index is 0.238. The molecule has 156 valence electrons. The zero-order valence-electron chi connectivity index (χ0n) is 16.2. The molecule has 1 fully saturated rings. The first-order chi connectivity index (χ1) is 13.7. The van der Waals surface area contributed by atoms with Gasteiger partial charge in [0.25, 0.3) is 0 Å². The number of hydrogen-bond acceptors (Lipinski definition) is 5. The number of anilines is 2. The van der Waals surface area contributed by atoms with E-state index in [1.165, 1.54) is 25.3 Å². The minimum Gasteiger partial charge on any atom is -0.494 e. The van der Waals surface area contributed by atoms with Crippen LogP contribution in [0.4, 0.5) is 15.8 Å². The van der Waals surface area contributed by atoms with Crippen LogP contribution in [-0.4, -0.2) is 40.9 Å². The Labute approximate surface area is 169 Å². The monoisotopic (exact) mass is 422 g/mol. The molecular formula is C20H23FN2O5S. The van der Waals surface area contributed by atoms with Crippen molar-refractivity contribution in [2.75, 3.05) is 36.6 Å². The van der Waals surface area contributed by atoms with Gasteiger partial charge >= 0.3 is 0 Å². The Bertz CT molecular complexity index is 986. The summed E-state index contributed by atoms with van der Waals surface area (Å²) < 4.78 is 49.4. The number of rotatable bonds is 6. The zero-order chi connectivity index (χ0) is 21.1. The summed E-state index contributed by atoms with van der Waals surface area (Å²) in [5.41, 5.74) is 0.608. The molecule has 0 spiro atoms. The van der Waals surface area contributed by atoms with Crippen molar-refractivity contribution in [3.63, 3.8) is 0 Å². The summed E-state index contributed by atoms with van der Waals surface area (Å²) in [6, 6.07) is 10.6. The van der Waals surface area contributed by atoms with Crippen LogP contribution in [-0.2, 0) is 25.0 Å². The summed E-state index contributed by atoms with van der Waals surface area (Å²) in [7, 11) is -2.06. The van der Waals surface area contributed by atoms with E-state index in [9.17, 15) is 17.6 Å². The van der Waals surface area contributed by atoms with Gasteiger partial charge in [0.1, 0.15) is 11.6 Å². The molecule has 1 aliphatic heterocycles. The van der Waals surface area contributed by atoms with Gasteiger partial charge in [-0.15, -0.1) is 0 Å². The molecule has 1 amide bonds. The molecule has 1 aliphatic rings. The van der Waals surface area contributed by atoms with Gasteiger partial charge in [0, 0.05) is 25.0 Å². The molecule has 0 bridgehead atoms. The Hall–Kier alpha value is -2.65. The van der Waals surface area contributed by atoms with Gasteiger partial charge in [-0.2, -0.15) is 0 Å². The Morgan fingerprint density at radius 2 is 1.79 bits per heavy atom. The van der Waals surface area contributed by atoms with Crippen LogP contribution < -0.4 is 14.8 Å². The Morgan fingerprint density at radius 1 is 1.14 bits per heavy atom. The van der Waals surface area contributed by atoms with Crippen molar-refractivity contribution >= 4 is 27.3 Å². The molecule has 0 radical (unpaired) electrons. The predicted octanol–water partition coefficient (Wildman–Crippen LogP) is 2.89. The molecule has 0 atom stereocenters. The zero-order valence-corrected chi connectivity index (χ0v) is 17.0. The molecule has 1 heterocycles. The number of methoxy groups -OCH3 is 1. The van der Waals surface area contributed by atoms with E-state index >= 15 is 0 Å². The van der Waals surface area contributed by atoms with Gasteiger partial charge in [0.05, 0.1) is 24.5 Å². The maximum atomic E-state index is 13.4. The van der Waals surface area contributed by atoms with Crippen LogP contribution in [0.1, 0.15) is 18.4 Å². The molecular weight excluding hydrogens is 399 g/mol. The quantitative estimate of drug-likeness (QED) is 0.747. The smallest absolute Gasteiger partial charge is 0.235 e. The summed E-state index contributed by atoms with van der Waals surface area (Å²) in [4.78, 5) is 13.3. The number of ether oxygens (including phenoxy) is 2. The molecule has 0 aliphatic carbocycles. The van der Waals surface area contributed by atoms with Crippen LogP contribution in [0, 0.1) is 5.82 Å². The standard InChI is InChI=1S/C20H23FN2O5S/c1-27-18-13-16(7-8-17(18)23-29(2,25)26)22-19(24)20(9-11-28-12-10-20)14-3-5-15(21)6-4-14/h3-8,13,23H,9-12H2,1-2H3,(H,22,24). The van der Waals surface area contributed by atoms with E-state index in [1.807, 2.05) is 0 Å². The summed E-state index contributed by atoms with van der Waals surface area (Å²) >= 11 is 0. The highest BCUT2D eigenvalue weighted by atomic mass is 32.2. The molecule has 1 saturated heterocycles.